The number of carbonyl (C=O) groups excluding carboxylic acids is 2. The van der Waals surface area contributed by atoms with E-state index in [1.807, 2.05) is 13.0 Å². The van der Waals surface area contributed by atoms with Crippen LogP contribution in [0.5, 0.6) is 0 Å². The first-order valence-electron chi connectivity index (χ1n) is 7.56. The molecule has 0 aliphatic heterocycles. The topological polar surface area (TPSA) is 49.4 Å². The summed E-state index contributed by atoms with van der Waals surface area (Å²) in [5.74, 6) is -0.986. The molecule has 2 amide bonds. The Bertz CT molecular complexity index is 837. The number of benzene rings is 2. The molecule has 0 atom stereocenters. The van der Waals surface area contributed by atoms with E-state index in [4.69, 9.17) is 11.6 Å². The fourth-order valence-corrected chi connectivity index (χ4v) is 2.53. The second-order valence-corrected chi connectivity index (χ2v) is 6.18. The van der Waals surface area contributed by atoms with Gasteiger partial charge < -0.3 is 10.2 Å². The quantitative estimate of drug-likeness (QED) is 0.850. The minimum absolute atomic E-state index is 0.0527. The van der Waals surface area contributed by atoms with Gasteiger partial charge in [-0.15, -0.1) is 0 Å². The summed E-state index contributed by atoms with van der Waals surface area (Å²) in [5.41, 5.74) is 0.227. The Balaban J connectivity index is 2.05. The largest absolute Gasteiger partial charge is 0.417 e. The number of carbonyl (C=O) groups is 2. The maximum Gasteiger partial charge on any atom is 0.417 e. The lowest BCUT2D eigenvalue weighted by Gasteiger charge is -2.17. The molecule has 0 bridgehead atoms. The summed E-state index contributed by atoms with van der Waals surface area (Å²) in [4.78, 5) is 25.5. The van der Waals surface area contributed by atoms with Crippen LogP contribution in [0.15, 0.2) is 42.5 Å². The molecule has 0 aliphatic rings. The maximum absolute atomic E-state index is 12.9. The molecule has 0 saturated heterocycles. The number of aryl methyl sites for hydroxylation is 1. The van der Waals surface area contributed by atoms with Crippen molar-refractivity contribution in [2.75, 3.05) is 18.9 Å². The van der Waals surface area contributed by atoms with E-state index in [-0.39, 0.29) is 18.1 Å². The van der Waals surface area contributed by atoms with E-state index in [9.17, 15) is 22.8 Å². The SMILES string of the molecule is Cc1cccc(C(=O)N(C)CC(=O)Nc2ccc(Cl)c(C(F)(F)F)c2)c1. The predicted octanol–water partition coefficient (Wildman–Crippen LogP) is 4.38. The van der Waals surface area contributed by atoms with Crippen molar-refractivity contribution in [2.45, 2.75) is 13.1 Å². The van der Waals surface area contributed by atoms with Crippen LogP contribution in [0.4, 0.5) is 18.9 Å². The Morgan fingerprint density at radius 1 is 1.15 bits per heavy atom. The van der Waals surface area contributed by atoms with Gasteiger partial charge in [-0.05, 0) is 37.3 Å². The Morgan fingerprint density at radius 3 is 2.46 bits per heavy atom. The molecule has 2 aromatic carbocycles. The van der Waals surface area contributed by atoms with Gasteiger partial charge in [0.05, 0.1) is 17.1 Å². The second-order valence-electron chi connectivity index (χ2n) is 5.77. The smallest absolute Gasteiger partial charge is 0.332 e. The van der Waals surface area contributed by atoms with Gasteiger partial charge in [-0.3, -0.25) is 9.59 Å². The third-order valence-corrected chi connectivity index (χ3v) is 3.88. The summed E-state index contributed by atoms with van der Waals surface area (Å²) in [5, 5.41) is 1.88. The molecular weight excluding hydrogens is 369 g/mol. The number of hydrogen-bond donors (Lipinski definition) is 1. The first-order chi connectivity index (χ1) is 12.1. The minimum atomic E-state index is -4.63. The van der Waals surface area contributed by atoms with Crippen LogP contribution in [0.1, 0.15) is 21.5 Å². The van der Waals surface area contributed by atoms with Gasteiger partial charge in [0.15, 0.2) is 0 Å². The van der Waals surface area contributed by atoms with Crippen molar-refractivity contribution in [3.8, 4) is 0 Å². The number of likely N-dealkylation sites (N-methyl/N-ethyl adjacent to an activating group) is 1. The summed E-state index contributed by atoms with van der Waals surface area (Å²) in [6.45, 7) is 1.53. The van der Waals surface area contributed by atoms with Crippen LogP contribution < -0.4 is 5.32 Å². The molecule has 2 rings (SSSR count). The molecule has 0 radical (unpaired) electrons. The normalized spacial score (nSPS) is 11.2. The molecule has 8 heteroatoms. The van der Waals surface area contributed by atoms with Gasteiger partial charge in [0.2, 0.25) is 5.91 Å². The predicted molar refractivity (Wildman–Crippen MR) is 93.2 cm³/mol. The third kappa shape index (κ3) is 4.98. The van der Waals surface area contributed by atoms with Crippen molar-refractivity contribution in [1.82, 2.24) is 4.90 Å². The number of alkyl halides is 3. The highest BCUT2D eigenvalue weighted by atomic mass is 35.5. The van der Waals surface area contributed by atoms with Crippen LogP contribution in [0.2, 0.25) is 5.02 Å². The second kappa shape index (κ2) is 7.78. The third-order valence-electron chi connectivity index (χ3n) is 3.55. The average molecular weight is 385 g/mol. The summed E-state index contributed by atoms with van der Waals surface area (Å²) >= 11 is 5.54. The van der Waals surface area contributed by atoms with Crippen LogP contribution in [0.3, 0.4) is 0 Å². The molecule has 2 aromatic rings. The first kappa shape index (κ1) is 19.8. The molecule has 1 N–H and O–H groups in total. The van der Waals surface area contributed by atoms with Crippen molar-refractivity contribution in [2.24, 2.45) is 0 Å². The minimum Gasteiger partial charge on any atom is -0.332 e. The van der Waals surface area contributed by atoms with E-state index in [2.05, 4.69) is 5.32 Å². The van der Waals surface area contributed by atoms with Crippen LogP contribution in [0.25, 0.3) is 0 Å². The van der Waals surface area contributed by atoms with Crippen molar-refractivity contribution in [3.63, 3.8) is 0 Å². The van der Waals surface area contributed by atoms with E-state index >= 15 is 0 Å². The number of hydrogen-bond acceptors (Lipinski definition) is 2. The molecular formula is C18H16ClF3N2O2. The number of rotatable bonds is 4. The fraction of sp³-hybridized carbons (Fsp3) is 0.222. The maximum atomic E-state index is 12.9. The molecule has 0 unspecified atom stereocenters. The summed E-state index contributed by atoms with van der Waals surface area (Å²) < 4.78 is 38.6. The van der Waals surface area contributed by atoms with E-state index in [0.717, 1.165) is 17.7 Å². The summed E-state index contributed by atoms with van der Waals surface area (Å²) in [6.07, 6.45) is -4.63. The van der Waals surface area contributed by atoms with Gasteiger partial charge in [-0.25, -0.2) is 0 Å². The Morgan fingerprint density at radius 2 is 1.85 bits per heavy atom. The zero-order chi connectivity index (χ0) is 19.5. The summed E-state index contributed by atoms with van der Waals surface area (Å²) in [7, 11) is 1.44. The highest BCUT2D eigenvalue weighted by Crippen LogP contribution is 2.36. The summed E-state index contributed by atoms with van der Waals surface area (Å²) in [6, 6.07) is 9.94. The molecule has 0 aliphatic carbocycles. The monoisotopic (exact) mass is 384 g/mol. The van der Waals surface area contributed by atoms with Gasteiger partial charge in [0, 0.05) is 18.3 Å². The van der Waals surface area contributed by atoms with E-state index in [0.29, 0.717) is 5.56 Å². The average Bonchev–Trinajstić information content (AvgIpc) is 2.54. The molecule has 4 nitrogen and oxygen atoms in total. The van der Waals surface area contributed by atoms with Crippen molar-refractivity contribution in [3.05, 3.63) is 64.2 Å². The van der Waals surface area contributed by atoms with Gasteiger partial charge >= 0.3 is 6.18 Å². The number of anilines is 1. The Hall–Kier alpha value is -2.54. The fourth-order valence-electron chi connectivity index (χ4n) is 2.31. The van der Waals surface area contributed by atoms with Gasteiger partial charge in [-0.2, -0.15) is 13.2 Å². The molecule has 0 heterocycles. The van der Waals surface area contributed by atoms with Crippen LogP contribution in [-0.4, -0.2) is 30.3 Å². The first-order valence-corrected chi connectivity index (χ1v) is 7.94. The van der Waals surface area contributed by atoms with Gasteiger partial charge in [0.1, 0.15) is 0 Å². The van der Waals surface area contributed by atoms with Crippen LogP contribution in [0, 0.1) is 6.92 Å². The van der Waals surface area contributed by atoms with Gasteiger partial charge in [0.25, 0.3) is 5.91 Å². The highest BCUT2D eigenvalue weighted by Gasteiger charge is 2.33. The zero-order valence-corrected chi connectivity index (χ0v) is 14.8. The molecule has 138 valence electrons. The lowest BCUT2D eigenvalue weighted by molar-refractivity contribution is -0.137. The van der Waals surface area contributed by atoms with Crippen LogP contribution >= 0.6 is 11.6 Å². The number of nitrogens with zero attached hydrogens (tertiary/aromatic N) is 1. The molecule has 26 heavy (non-hydrogen) atoms. The standard InChI is InChI=1S/C18H16ClF3N2O2/c1-11-4-3-5-12(8-11)17(26)24(2)10-16(25)23-13-6-7-15(19)14(9-13)18(20,21)22/h3-9H,10H2,1-2H3,(H,23,25). The van der Waals surface area contributed by atoms with Crippen molar-refractivity contribution >= 4 is 29.1 Å². The van der Waals surface area contributed by atoms with Crippen molar-refractivity contribution in [1.29, 1.82) is 0 Å². The molecule has 0 fully saturated rings. The van der Waals surface area contributed by atoms with E-state index in [1.54, 1.807) is 18.2 Å². The zero-order valence-electron chi connectivity index (χ0n) is 14.0. The van der Waals surface area contributed by atoms with E-state index in [1.165, 1.54) is 18.0 Å². The van der Waals surface area contributed by atoms with Crippen molar-refractivity contribution < 1.29 is 22.8 Å². The lowest BCUT2D eigenvalue weighted by atomic mass is 10.1. The molecule has 0 aromatic heterocycles. The van der Waals surface area contributed by atoms with Gasteiger partial charge in [-0.1, -0.05) is 29.3 Å². The number of nitrogens with one attached hydrogen (secondary N) is 1. The van der Waals surface area contributed by atoms with Crippen LogP contribution in [-0.2, 0) is 11.0 Å². The molecule has 0 saturated carbocycles. The Labute approximate surface area is 153 Å². The Kier molecular flexibility index (Phi) is 5.92. The molecule has 0 spiro atoms. The lowest BCUT2D eigenvalue weighted by Crippen LogP contribution is -2.35. The highest BCUT2D eigenvalue weighted by molar-refractivity contribution is 6.31. The number of amides is 2. The number of halogens is 4. The van der Waals surface area contributed by atoms with E-state index < -0.39 is 22.7 Å².